The Balaban J connectivity index is 1.94. The molecule has 162 valence electrons. The molecule has 0 fully saturated rings. The highest BCUT2D eigenvalue weighted by molar-refractivity contribution is 9.10. The number of benzene rings is 2. The van der Waals surface area contributed by atoms with Crippen LogP contribution in [-0.2, 0) is 6.54 Å². The van der Waals surface area contributed by atoms with E-state index in [-0.39, 0.29) is 11.0 Å². The third-order valence-corrected chi connectivity index (χ3v) is 5.01. The molecule has 0 aromatic heterocycles. The van der Waals surface area contributed by atoms with Crippen molar-refractivity contribution in [2.75, 3.05) is 20.8 Å². The Morgan fingerprint density at radius 3 is 2.43 bits per heavy atom. The molecule has 0 saturated heterocycles. The molecule has 0 atom stereocenters. The monoisotopic (exact) mass is 494 g/mol. The Morgan fingerprint density at radius 2 is 1.77 bits per heavy atom. The van der Waals surface area contributed by atoms with Gasteiger partial charge in [0.25, 0.3) is 5.91 Å². The summed E-state index contributed by atoms with van der Waals surface area (Å²) in [6.07, 6.45) is 0.975. The molecule has 1 amide bonds. The molecular weight excluding hydrogens is 468 g/mol. The number of nitrogens with one attached hydrogen (secondary N) is 2. The van der Waals surface area contributed by atoms with E-state index in [4.69, 9.17) is 26.4 Å². The molecule has 8 heteroatoms. The highest BCUT2D eigenvalue weighted by atomic mass is 79.9. The minimum Gasteiger partial charge on any atom is -0.496 e. The highest BCUT2D eigenvalue weighted by Gasteiger charge is 2.14. The van der Waals surface area contributed by atoms with E-state index in [1.54, 1.807) is 25.3 Å². The number of halogens is 1. The van der Waals surface area contributed by atoms with Crippen molar-refractivity contribution in [2.24, 2.45) is 5.92 Å². The lowest BCUT2D eigenvalue weighted by molar-refractivity contribution is 0.0973. The van der Waals surface area contributed by atoms with Crippen LogP contribution in [0.5, 0.6) is 17.2 Å². The summed E-state index contributed by atoms with van der Waals surface area (Å²) in [7, 11) is 3.12. The normalized spacial score (nSPS) is 10.5. The number of hydrogen-bond acceptors (Lipinski definition) is 5. The first-order valence-electron chi connectivity index (χ1n) is 9.56. The minimum absolute atomic E-state index is 0.221. The van der Waals surface area contributed by atoms with E-state index >= 15 is 0 Å². The summed E-state index contributed by atoms with van der Waals surface area (Å²) in [5, 5.41) is 5.92. The van der Waals surface area contributed by atoms with Crippen LogP contribution in [-0.4, -0.2) is 31.8 Å². The lowest BCUT2D eigenvalue weighted by Gasteiger charge is -2.14. The van der Waals surface area contributed by atoms with E-state index in [9.17, 15) is 4.79 Å². The second kappa shape index (κ2) is 11.8. The Morgan fingerprint density at radius 1 is 1.07 bits per heavy atom. The van der Waals surface area contributed by atoms with Crippen molar-refractivity contribution in [1.82, 2.24) is 10.6 Å². The molecule has 0 aliphatic rings. The Kier molecular flexibility index (Phi) is 9.39. The molecule has 2 aromatic rings. The Bertz CT molecular complexity index is 889. The second-order valence-corrected chi connectivity index (χ2v) is 8.32. The van der Waals surface area contributed by atoms with Gasteiger partial charge < -0.3 is 19.5 Å². The van der Waals surface area contributed by atoms with Gasteiger partial charge in [0, 0.05) is 11.0 Å². The van der Waals surface area contributed by atoms with E-state index in [2.05, 4.69) is 40.4 Å². The van der Waals surface area contributed by atoms with Gasteiger partial charge in [-0.15, -0.1) is 0 Å². The first-order chi connectivity index (χ1) is 14.3. The maximum atomic E-state index is 12.5. The molecule has 0 radical (unpaired) electrons. The fourth-order valence-electron chi connectivity index (χ4n) is 2.60. The smallest absolute Gasteiger partial charge is 0.261 e. The van der Waals surface area contributed by atoms with Crippen LogP contribution in [0.2, 0.25) is 0 Å². The van der Waals surface area contributed by atoms with E-state index in [0.29, 0.717) is 41.9 Å². The zero-order valence-electron chi connectivity index (χ0n) is 17.6. The summed E-state index contributed by atoms with van der Waals surface area (Å²) in [5.74, 6) is 2.06. The SMILES string of the molecule is COc1cc(CNC(=S)NC(=O)c2cc(Br)ccc2OC)ccc1OCCC(C)C. The fourth-order valence-corrected chi connectivity index (χ4v) is 3.13. The van der Waals surface area contributed by atoms with Gasteiger partial charge in [-0.05, 0) is 60.5 Å². The minimum atomic E-state index is -0.350. The van der Waals surface area contributed by atoms with Gasteiger partial charge in [0.2, 0.25) is 0 Å². The fraction of sp³-hybridized carbons (Fsp3) is 0.364. The first kappa shape index (κ1) is 24.0. The van der Waals surface area contributed by atoms with E-state index < -0.39 is 0 Å². The van der Waals surface area contributed by atoms with Gasteiger partial charge in [-0.3, -0.25) is 10.1 Å². The number of ether oxygens (including phenoxy) is 3. The van der Waals surface area contributed by atoms with Crippen LogP contribution in [0.15, 0.2) is 40.9 Å². The largest absolute Gasteiger partial charge is 0.496 e. The predicted octanol–water partition coefficient (Wildman–Crippen LogP) is 4.70. The molecule has 0 heterocycles. The Hall–Kier alpha value is -2.32. The number of methoxy groups -OCH3 is 2. The number of thiocarbonyl (C=S) groups is 1. The summed E-state index contributed by atoms with van der Waals surface area (Å²) >= 11 is 8.62. The number of hydrogen-bond donors (Lipinski definition) is 2. The van der Waals surface area contributed by atoms with Crippen LogP contribution in [0.3, 0.4) is 0 Å². The van der Waals surface area contributed by atoms with Gasteiger partial charge in [0.15, 0.2) is 16.6 Å². The van der Waals surface area contributed by atoms with Crippen LogP contribution >= 0.6 is 28.1 Å². The molecule has 2 rings (SSSR count). The number of carbonyl (C=O) groups is 1. The maximum Gasteiger partial charge on any atom is 0.261 e. The van der Waals surface area contributed by atoms with Crippen molar-refractivity contribution in [3.63, 3.8) is 0 Å². The quantitative estimate of drug-likeness (QED) is 0.492. The summed E-state index contributed by atoms with van der Waals surface area (Å²) in [4.78, 5) is 12.5. The summed E-state index contributed by atoms with van der Waals surface area (Å²) in [6.45, 7) is 5.38. The summed E-state index contributed by atoms with van der Waals surface area (Å²) in [5.41, 5.74) is 1.33. The zero-order valence-corrected chi connectivity index (χ0v) is 20.0. The summed E-state index contributed by atoms with van der Waals surface area (Å²) in [6, 6.07) is 10.9. The topological polar surface area (TPSA) is 68.8 Å². The molecule has 2 N–H and O–H groups in total. The van der Waals surface area contributed by atoms with Crippen molar-refractivity contribution in [3.8, 4) is 17.2 Å². The maximum absolute atomic E-state index is 12.5. The van der Waals surface area contributed by atoms with Crippen molar-refractivity contribution in [2.45, 2.75) is 26.8 Å². The molecule has 0 spiro atoms. The summed E-state index contributed by atoms with van der Waals surface area (Å²) < 4.78 is 17.3. The van der Waals surface area contributed by atoms with Crippen molar-refractivity contribution in [1.29, 1.82) is 0 Å². The molecule has 2 aromatic carbocycles. The number of amides is 1. The number of carbonyl (C=O) groups excluding carboxylic acids is 1. The zero-order chi connectivity index (χ0) is 22.1. The van der Waals surface area contributed by atoms with Crippen molar-refractivity contribution in [3.05, 3.63) is 52.0 Å². The van der Waals surface area contributed by atoms with Gasteiger partial charge >= 0.3 is 0 Å². The van der Waals surface area contributed by atoms with E-state index in [1.165, 1.54) is 7.11 Å². The van der Waals surface area contributed by atoms with Gasteiger partial charge in [-0.25, -0.2) is 0 Å². The second-order valence-electron chi connectivity index (χ2n) is 7.00. The molecule has 30 heavy (non-hydrogen) atoms. The lowest BCUT2D eigenvalue weighted by atomic mass is 10.1. The van der Waals surface area contributed by atoms with Crippen LogP contribution in [0, 0.1) is 5.92 Å². The molecule has 0 saturated carbocycles. The lowest BCUT2D eigenvalue weighted by Crippen LogP contribution is -2.39. The molecule has 0 aliphatic carbocycles. The predicted molar refractivity (Wildman–Crippen MR) is 126 cm³/mol. The van der Waals surface area contributed by atoms with Crippen molar-refractivity contribution >= 4 is 39.2 Å². The first-order valence-corrected chi connectivity index (χ1v) is 10.8. The third-order valence-electron chi connectivity index (χ3n) is 4.27. The third kappa shape index (κ3) is 7.18. The van der Waals surface area contributed by atoms with Gasteiger partial charge in [0.1, 0.15) is 5.75 Å². The Labute approximate surface area is 191 Å². The molecule has 6 nitrogen and oxygen atoms in total. The molecule has 0 aliphatic heterocycles. The van der Waals surface area contributed by atoms with Gasteiger partial charge in [-0.1, -0.05) is 35.8 Å². The van der Waals surface area contributed by atoms with E-state index in [1.807, 2.05) is 18.2 Å². The molecular formula is C22H27BrN2O4S. The van der Waals surface area contributed by atoms with Gasteiger partial charge in [0.05, 0.1) is 26.4 Å². The number of rotatable bonds is 9. The van der Waals surface area contributed by atoms with Gasteiger partial charge in [-0.2, -0.15) is 0 Å². The average Bonchev–Trinajstić information content (AvgIpc) is 2.72. The van der Waals surface area contributed by atoms with E-state index in [0.717, 1.165) is 16.5 Å². The standard InChI is InChI=1S/C22H27BrN2O4S/c1-14(2)9-10-29-19-7-5-15(11-20(19)28-4)13-24-22(30)25-21(26)17-12-16(23)6-8-18(17)27-3/h5-8,11-12,14H,9-10,13H2,1-4H3,(H2,24,25,26,30). The average molecular weight is 495 g/mol. The van der Waals surface area contributed by atoms with Crippen LogP contribution < -0.4 is 24.8 Å². The van der Waals surface area contributed by atoms with Crippen LogP contribution in [0.4, 0.5) is 0 Å². The molecule has 0 bridgehead atoms. The van der Waals surface area contributed by atoms with Crippen LogP contribution in [0.25, 0.3) is 0 Å². The van der Waals surface area contributed by atoms with Crippen molar-refractivity contribution < 1.29 is 19.0 Å². The highest BCUT2D eigenvalue weighted by Crippen LogP contribution is 2.28. The molecule has 0 unspecified atom stereocenters. The van der Waals surface area contributed by atoms with Crippen LogP contribution in [0.1, 0.15) is 36.2 Å².